The van der Waals surface area contributed by atoms with Gasteiger partial charge in [-0.3, -0.25) is 4.98 Å². The number of rotatable bonds is 7. The smallest absolute Gasteiger partial charge is 0.204 e. The van der Waals surface area contributed by atoms with Crippen LogP contribution in [0.15, 0.2) is 47.9 Å². The van der Waals surface area contributed by atoms with Gasteiger partial charge in [0, 0.05) is 41.4 Å². The topological polar surface area (TPSA) is 79.2 Å². The zero-order chi connectivity index (χ0) is 18.5. The van der Waals surface area contributed by atoms with Crippen LogP contribution in [0.2, 0.25) is 0 Å². The minimum absolute atomic E-state index is 0.0213. The van der Waals surface area contributed by atoms with Crippen molar-refractivity contribution in [3.8, 4) is 28.4 Å². The second kappa shape index (κ2) is 7.79. The number of hydrogen-bond donors (Lipinski definition) is 0. The van der Waals surface area contributed by atoms with Gasteiger partial charge in [-0.1, -0.05) is 12.1 Å². The third kappa shape index (κ3) is 3.04. The summed E-state index contributed by atoms with van der Waals surface area (Å²) in [6, 6.07) is 8.89. The van der Waals surface area contributed by atoms with E-state index in [0.717, 1.165) is 5.39 Å². The van der Waals surface area contributed by atoms with Crippen LogP contribution in [0, 0.1) is 4.91 Å². The second-order valence-electron chi connectivity index (χ2n) is 5.38. The van der Waals surface area contributed by atoms with Gasteiger partial charge in [0.1, 0.15) is 5.69 Å². The largest absolute Gasteiger partial charge is 0.493 e. The Kier molecular flexibility index (Phi) is 5.28. The van der Waals surface area contributed by atoms with Crippen LogP contribution in [0.3, 0.4) is 0 Å². The van der Waals surface area contributed by atoms with Gasteiger partial charge in [-0.05, 0) is 23.4 Å². The molecule has 0 spiro atoms. The fraction of sp³-hybridized carbons (Fsp3) is 0.211. The highest BCUT2D eigenvalue weighted by atomic mass is 16.7. The van der Waals surface area contributed by atoms with Crippen LogP contribution in [0.25, 0.3) is 21.9 Å². The maximum absolute atomic E-state index is 11.3. The number of pyridine rings is 1. The minimum atomic E-state index is 0.0213. The average Bonchev–Trinajstić information content (AvgIpc) is 2.70. The van der Waals surface area contributed by atoms with Gasteiger partial charge in [-0.2, -0.15) is 0 Å². The van der Waals surface area contributed by atoms with Crippen LogP contribution < -0.4 is 14.2 Å². The van der Waals surface area contributed by atoms with Crippen LogP contribution in [0.4, 0.5) is 5.69 Å². The van der Waals surface area contributed by atoms with Crippen molar-refractivity contribution in [2.45, 2.75) is 0 Å². The molecular formula is C19H18N2O5. The Morgan fingerprint density at radius 3 is 2.50 bits per heavy atom. The molecule has 0 aliphatic rings. The van der Waals surface area contributed by atoms with Crippen LogP contribution in [0.5, 0.6) is 17.2 Å². The molecule has 0 aliphatic carbocycles. The van der Waals surface area contributed by atoms with E-state index < -0.39 is 0 Å². The predicted octanol–water partition coefficient (Wildman–Crippen LogP) is 4.30. The molecule has 0 saturated carbocycles. The summed E-state index contributed by atoms with van der Waals surface area (Å²) in [5.41, 5.74) is 1.71. The molecule has 7 heteroatoms. The quantitative estimate of drug-likeness (QED) is 0.465. The van der Waals surface area contributed by atoms with Crippen molar-refractivity contribution in [2.24, 2.45) is 5.18 Å². The Morgan fingerprint density at radius 1 is 0.962 bits per heavy atom. The summed E-state index contributed by atoms with van der Waals surface area (Å²) < 4.78 is 21.6. The zero-order valence-corrected chi connectivity index (χ0v) is 14.7. The van der Waals surface area contributed by atoms with Crippen molar-refractivity contribution in [2.75, 3.05) is 28.1 Å². The number of fused-ring (bicyclic) bond motifs is 1. The summed E-state index contributed by atoms with van der Waals surface area (Å²) in [6.07, 6.45) is 3.35. The lowest BCUT2D eigenvalue weighted by atomic mass is 9.98. The molecule has 0 atom stereocenters. The number of nitrogens with zero attached hydrogens (tertiary/aromatic N) is 2. The number of aromatic nitrogens is 1. The number of hydrogen-bond acceptors (Lipinski definition) is 7. The molecule has 1 aromatic heterocycles. The maximum atomic E-state index is 11.3. The number of nitroso groups, excluding NO2 is 1. The SMILES string of the molecule is COCOc1c(-c2cncc3cccc(N=O)c23)ccc(OC)c1OC. The molecule has 0 bridgehead atoms. The van der Waals surface area contributed by atoms with E-state index in [9.17, 15) is 4.91 Å². The monoisotopic (exact) mass is 354 g/mol. The molecule has 134 valence electrons. The van der Waals surface area contributed by atoms with Crippen LogP contribution in [0.1, 0.15) is 0 Å². The lowest BCUT2D eigenvalue weighted by molar-refractivity contribution is 0.0493. The number of methoxy groups -OCH3 is 3. The van der Waals surface area contributed by atoms with Crippen molar-refractivity contribution in [3.05, 3.63) is 47.6 Å². The fourth-order valence-electron chi connectivity index (χ4n) is 2.87. The van der Waals surface area contributed by atoms with Crippen LogP contribution >= 0.6 is 0 Å². The predicted molar refractivity (Wildman–Crippen MR) is 98.2 cm³/mol. The highest BCUT2D eigenvalue weighted by molar-refractivity contribution is 6.04. The molecular weight excluding hydrogens is 336 g/mol. The van der Waals surface area contributed by atoms with Gasteiger partial charge in [-0.25, -0.2) is 0 Å². The molecule has 0 amide bonds. The summed E-state index contributed by atoms with van der Waals surface area (Å²) in [7, 11) is 4.60. The van der Waals surface area contributed by atoms with Crippen molar-refractivity contribution in [1.82, 2.24) is 4.98 Å². The summed E-state index contributed by atoms with van der Waals surface area (Å²) in [4.78, 5) is 15.6. The van der Waals surface area contributed by atoms with Crippen molar-refractivity contribution in [3.63, 3.8) is 0 Å². The third-order valence-corrected chi connectivity index (χ3v) is 3.97. The van der Waals surface area contributed by atoms with E-state index in [-0.39, 0.29) is 6.79 Å². The molecule has 0 aliphatic heterocycles. The van der Waals surface area contributed by atoms with E-state index in [4.69, 9.17) is 18.9 Å². The van der Waals surface area contributed by atoms with Crippen LogP contribution in [-0.4, -0.2) is 33.1 Å². The number of ether oxygens (including phenoxy) is 4. The van der Waals surface area contributed by atoms with Crippen LogP contribution in [-0.2, 0) is 4.74 Å². The number of benzene rings is 2. The van der Waals surface area contributed by atoms with Crippen molar-refractivity contribution >= 4 is 16.5 Å². The molecule has 3 aromatic rings. The summed E-state index contributed by atoms with van der Waals surface area (Å²) in [6.45, 7) is 0.0213. The van der Waals surface area contributed by atoms with Gasteiger partial charge >= 0.3 is 0 Å². The van der Waals surface area contributed by atoms with Crippen molar-refractivity contribution in [1.29, 1.82) is 0 Å². The van der Waals surface area contributed by atoms with Gasteiger partial charge in [0.05, 0.1) is 14.2 Å². The fourth-order valence-corrected chi connectivity index (χ4v) is 2.87. The molecule has 1 heterocycles. The zero-order valence-electron chi connectivity index (χ0n) is 14.7. The standard InChI is InChI=1S/C19H18N2O5/c1-23-11-26-18-13(7-8-16(24-2)19(18)25-3)14-10-20-9-12-5-4-6-15(21-22)17(12)14/h4-10H,11H2,1-3H3. The molecule has 2 aromatic carbocycles. The normalized spacial score (nSPS) is 10.6. The highest BCUT2D eigenvalue weighted by Crippen LogP contribution is 2.47. The minimum Gasteiger partial charge on any atom is -0.493 e. The Hall–Kier alpha value is -3.19. The molecule has 7 nitrogen and oxygen atoms in total. The Balaban J connectivity index is 2.33. The first-order chi connectivity index (χ1) is 12.7. The van der Waals surface area contributed by atoms with E-state index in [0.29, 0.717) is 39.4 Å². The summed E-state index contributed by atoms with van der Waals surface area (Å²) in [5, 5.41) is 4.64. The first-order valence-corrected chi connectivity index (χ1v) is 7.82. The lowest BCUT2D eigenvalue weighted by Crippen LogP contribution is -2.04. The first kappa shape index (κ1) is 17.6. The third-order valence-electron chi connectivity index (χ3n) is 3.97. The molecule has 3 rings (SSSR count). The summed E-state index contributed by atoms with van der Waals surface area (Å²) in [5.74, 6) is 1.38. The van der Waals surface area contributed by atoms with Gasteiger partial charge in [-0.15, -0.1) is 4.91 Å². The molecule has 0 radical (unpaired) electrons. The molecule has 0 fully saturated rings. The Labute approximate surface area is 150 Å². The highest BCUT2D eigenvalue weighted by Gasteiger charge is 2.20. The average molecular weight is 354 g/mol. The second-order valence-corrected chi connectivity index (χ2v) is 5.38. The maximum Gasteiger partial charge on any atom is 0.204 e. The van der Waals surface area contributed by atoms with Gasteiger partial charge in [0.15, 0.2) is 18.3 Å². The van der Waals surface area contributed by atoms with E-state index in [1.807, 2.05) is 12.1 Å². The van der Waals surface area contributed by atoms with Crippen molar-refractivity contribution < 1.29 is 18.9 Å². The molecule has 0 saturated heterocycles. The molecule has 0 unspecified atom stereocenters. The molecule has 26 heavy (non-hydrogen) atoms. The Morgan fingerprint density at radius 2 is 1.81 bits per heavy atom. The molecule has 0 N–H and O–H groups in total. The van der Waals surface area contributed by atoms with E-state index >= 15 is 0 Å². The van der Waals surface area contributed by atoms with E-state index in [1.165, 1.54) is 14.2 Å². The van der Waals surface area contributed by atoms with Gasteiger partial charge in [0.25, 0.3) is 0 Å². The van der Waals surface area contributed by atoms with E-state index in [2.05, 4.69) is 10.2 Å². The van der Waals surface area contributed by atoms with Gasteiger partial charge in [0.2, 0.25) is 5.75 Å². The first-order valence-electron chi connectivity index (χ1n) is 7.82. The Bertz CT molecular complexity index is 937. The van der Waals surface area contributed by atoms with Gasteiger partial charge < -0.3 is 18.9 Å². The summed E-state index contributed by atoms with van der Waals surface area (Å²) >= 11 is 0. The van der Waals surface area contributed by atoms with E-state index in [1.54, 1.807) is 37.7 Å². The lowest BCUT2D eigenvalue weighted by Gasteiger charge is -2.18.